The van der Waals surface area contributed by atoms with Gasteiger partial charge in [0, 0.05) is 6.08 Å². The number of unbranched alkanes of at least 4 members (excludes halogenated alkanes) is 2. The van der Waals surface area contributed by atoms with Crippen LogP contribution in [-0.2, 0) is 9.53 Å². The molecule has 0 aliphatic rings. The first-order valence-corrected chi connectivity index (χ1v) is 5.14. The van der Waals surface area contributed by atoms with E-state index in [1.807, 2.05) is 6.08 Å². The predicted octanol–water partition coefficient (Wildman–Crippen LogP) is 2.32. The fourth-order valence-electron chi connectivity index (χ4n) is 0.604. The highest BCUT2D eigenvalue weighted by molar-refractivity contribution is 14.1. The van der Waals surface area contributed by atoms with Crippen LogP contribution < -0.4 is 0 Å². The van der Waals surface area contributed by atoms with E-state index in [1.54, 1.807) is 0 Å². The second-order valence-electron chi connectivity index (χ2n) is 2.11. The van der Waals surface area contributed by atoms with Crippen molar-refractivity contribution >= 4 is 28.6 Å². The number of ether oxygens (including phenoxy) is 1. The summed E-state index contributed by atoms with van der Waals surface area (Å²) in [6.07, 6.45) is 6.67. The number of methoxy groups -OCH3 is 1. The molecule has 0 fully saturated rings. The number of alkyl halides is 1. The lowest BCUT2D eigenvalue weighted by molar-refractivity contribution is -0.134. The van der Waals surface area contributed by atoms with Crippen LogP contribution in [0.1, 0.15) is 19.3 Å². The van der Waals surface area contributed by atoms with Crippen molar-refractivity contribution in [3.05, 3.63) is 12.2 Å². The molecule has 0 N–H and O–H groups in total. The van der Waals surface area contributed by atoms with Gasteiger partial charge in [-0.15, -0.1) is 0 Å². The summed E-state index contributed by atoms with van der Waals surface area (Å²) in [6.45, 7) is 0. The van der Waals surface area contributed by atoms with Gasteiger partial charge < -0.3 is 4.74 Å². The number of allylic oxidation sites excluding steroid dienone is 1. The van der Waals surface area contributed by atoms with Crippen molar-refractivity contribution in [3.8, 4) is 0 Å². The standard InChI is InChI=1S/C8H13IO2/c1-11-8(10)6-4-2-3-5-7-9/h4,6H,2-3,5,7H2,1H3/b6-4+. The van der Waals surface area contributed by atoms with Gasteiger partial charge in [0.25, 0.3) is 0 Å². The summed E-state index contributed by atoms with van der Waals surface area (Å²) in [5.41, 5.74) is 0. The molecule has 0 aliphatic heterocycles. The van der Waals surface area contributed by atoms with E-state index in [4.69, 9.17) is 0 Å². The SMILES string of the molecule is COC(=O)/C=C/CCCCI. The van der Waals surface area contributed by atoms with Gasteiger partial charge in [-0.25, -0.2) is 4.79 Å². The molecule has 2 nitrogen and oxygen atoms in total. The van der Waals surface area contributed by atoms with Crippen LogP contribution in [0.2, 0.25) is 0 Å². The van der Waals surface area contributed by atoms with Gasteiger partial charge in [0.2, 0.25) is 0 Å². The van der Waals surface area contributed by atoms with E-state index in [1.165, 1.54) is 24.0 Å². The van der Waals surface area contributed by atoms with Crippen molar-refractivity contribution in [2.24, 2.45) is 0 Å². The van der Waals surface area contributed by atoms with Crippen molar-refractivity contribution in [2.75, 3.05) is 11.5 Å². The number of rotatable bonds is 5. The molecular formula is C8H13IO2. The van der Waals surface area contributed by atoms with Crippen LogP contribution in [0.4, 0.5) is 0 Å². The van der Waals surface area contributed by atoms with Gasteiger partial charge >= 0.3 is 5.97 Å². The molecule has 0 rings (SSSR count). The average molecular weight is 268 g/mol. The smallest absolute Gasteiger partial charge is 0.330 e. The van der Waals surface area contributed by atoms with E-state index in [0.717, 1.165) is 12.8 Å². The van der Waals surface area contributed by atoms with Crippen LogP contribution in [0.5, 0.6) is 0 Å². The number of carbonyl (C=O) groups is 1. The van der Waals surface area contributed by atoms with Crippen molar-refractivity contribution in [2.45, 2.75) is 19.3 Å². The molecule has 0 amide bonds. The summed E-state index contributed by atoms with van der Waals surface area (Å²) >= 11 is 2.34. The van der Waals surface area contributed by atoms with Crippen LogP contribution >= 0.6 is 22.6 Å². The van der Waals surface area contributed by atoms with Crippen LogP contribution in [0.3, 0.4) is 0 Å². The van der Waals surface area contributed by atoms with Crippen molar-refractivity contribution in [3.63, 3.8) is 0 Å². The predicted molar refractivity (Wildman–Crippen MR) is 53.9 cm³/mol. The maximum Gasteiger partial charge on any atom is 0.330 e. The number of esters is 1. The molecule has 0 spiro atoms. The van der Waals surface area contributed by atoms with Gasteiger partial charge in [0.05, 0.1) is 7.11 Å². The first-order chi connectivity index (χ1) is 5.31. The lowest BCUT2D eigenvalue weighted by Gasteiger charge is -1.91. The molecule has 0 aromatic heterocycles. The molecule has 0 aliphatic carbocycles. The number of hydrogen-bond donors (Lipinski definition) is 0. The Morgan fingerprint density at radius 1 is 1.55 bits per heavy atom. The van der Waals surface area contributed by atoms with E-state index in [-0.39, 0.29) is 5.97 Å². The van der Waals surface area contributed by atoms with Gasteiger partial charge in [0.15, 0.2) is 0 Å². The monoisotopic (exact) mass is 268 g/mol. The number of hydrogen-bond acceptors (Lipinski definition) is 2. The molecule has 0 radical (unpaired) electrons. The lowest BCUT2D eigenvalue weighted by atomic mass is 10.2. The van der Waals surface area contributed by atoms with E-state index < -0.39 is 0 Å². The van der Waals surface area contributed by atoms with Gasteiger partial charge in [-0.1, -0.05) is 28.7 Å². The molecule has 0 bridgehead atoms. The third-order valence-electron chi connectivity index (χ3n) is 1.21. The molecule has 64 valence electrons. The van der Waals surface area contributed by atoms with Crippen molar-refractivity contribution < 1.29 is 9.53 Å². The summed E-state index contributed by atoms with van der Waals surface area (Å²) in [5.74, 6) is -0.264. The Morgan fingerprint density at radius 3 is 2.82 bits per heavy atom. The fraction of sp³-hybridized carbons (Fsp3) is 0.625. The molecule has 3 heteroatoms. The molecule has 0 atom stereocenters. The number of halogens is 1. The van der Waals surface area contributed by atoms with Gasteiger partial charge in [0.1, 0.15) is 0 Å². The average Bonchev–Trinajstić information content (AvgIpc) is 2.04. The van der Waals surface area contributed by atoms with E-state index >= 15 is 0 Å². The van der Waals surface area contributed by atoms with Crippen LogP contribution in [0, 0.1) is 0 Å². The summed E-state index contributed by atoms with van der Waals surface area (Å²) in [6, 6.07) is 0. The van der Waals surface area contributed by atoms with Crippen LogP contribution in [0.25, 0.3) is 0 Å². The van der Waals surface area contributed by atoms with E-state index in [9.17, 15) is 4.79 Å². The minimum absolute atomic E-state index is 0.264. The molecular weight excluding hydrogens is 255 g/mol. The molecule has 0 aromatic carbocycles. The zero-order valence-electron chi connectivity index (χ0n) is 6.68. The second kappa shape index (κ2) is 8.04. The molecule has 0 unspecified atom stereocenters. The Labute approximate surface area is 81.1 Å². The third kappa shape index (κ3) is 7.84. The Balaban J connectivity index is 3.22. The third-order valence-corrected chi connectivity index (χ3v) is 1.97. The minimum Gasteiger partial charge on any atom is -0.466 e. The highest BCUT2D eigenvalue weighted by Crippen LogP contribution is 1.99. The Kier molecular flexibility index (Phi) is 8.00. The highest BCUT2D eigenvalue weighted by Gasteiger charge is 1.88. The summed E-state index contributed by atoms with van der Waals surface area (Å²) in [5, 5.41) is 0. The molecule has 0 heterocycles. The summed E-state index contributed by atoms with van der Waals surface area (Å²) in [7, 11) is 1.39. The second-order valence-corrected chi connectivity index (χ2v) is 3.19. The normalized spacial score (nSPS) is 10.4. The van der Waals surface area contributed by atoms with Crippen molar-refractivity contribution in [1.29, 1.82) is 0 Å². The molecule has 0 saturated heterocycles. The Morgan fingerprint density at radius 2 is 2.27 bits per heavy atom. The largest absolute Gasteiger partial charge is 0.466 e. The Bertz CT molecular complexity index is 132. The number of carbonyl (C=O) groups excluding carboxylic acids is 1. The fourth-order valence-corrected chi connectivity index (χ4v) is 1.14. The van der Waals surface area contributed by atoms with E-state index in [0.29, 0.717) is 0 Å². The first kappa shape index (κ1) is 10.9. The quantitative estimate of drug-likeness (QED) is 0.251. The first-order valence-electron chi connectivity index (χ1n) is 3.61. The Hall–Kier alpha value is -0.0600. The zero-order valence-corrected chi connectivity index (χ0v) is 8.84. The zero-order chi connectivity index (χ0) is 8.53. The van der Waals surface area contributed by atoms with Crippen molar-refractivity contribution in [1.82, 2.24) is 0 Å². The minimum atomic E-state index is -0.264. The lowest BCUT2D eigenvalue weighted by Crippen LogP contribution is -1.93. The topological polar surface area (TPSA) is 26.3 Å². The van der Waals surface area contributed by atoms with Gasteiger partial charge in [-0.3, -0.25) is 0 Å². The maximum absolute atomic E-state index is 10.5. The molecule has 11 heavy (non-hydrogen) atoms. The highest BCUT2D eigenvalue weighted by atomic mass is 127. The van der Waals surface area contributed by atoms with E-state index in [2.05, 4.69) is 27.3 Å². The summed E-state index contributed by atoms with van der Waals surface area (Å²) < 4.78 is 5.61. The van der Waals surface area contributed by atoms with Crippen LogP contribution in [-0.4, -0.2) is 17.5 Å². The van der Waals surface area contributed by atoms with Gasteiger partial charge in [-0.05, 0) is 23.7 Å². The molecule has 0 saturated carbocycles. The van der Waals surface area contributed by atoms with Crippen LogP contribution in [0.15, 0.2) is 12.2 Å². The molecule has 0 aromatic rings. The summed E-state index contributed by atoms with van der Waals surface area (Å²) in [4.78, 5) is 10.5. The van der Waals surface area contributed by atoms with Gasteiger partial charge in [-0.2, -0.15) is 0 Å². The maximum atomic E-state index is 10.5.